The summed E-state index contributed by atoms with van der Waals surface area (Å²) in [4.78, 5) is 144. The van der Waals surface area contributed by atoms with Crippen LogP contribution >= 0.6 is 22.7 Å². The number of hydrogen-bond donors (Lipinski definition) is 8. The van der Waals surface area contributed by atoms with Crippen molar-refractivity contribution in [2.24, 2.45) is 34.1 Å². The Morgan fingerprint density at radius 3 is 1.52 bits per heavy atom. The van der Waals surface area contributed by atoms with Crippen molar-refractivity contribution in [3.63, 3.8) is 0 Å². The van der Waals surface area contributed by atoms with Crippen molar-refractivity contribution in [2.75, 3.05) is 54.8 Å². The summed E-state index contributed by atoms with van der Waals surface area (Å²) in [5, 5.41) is 37.4. The molecule has 3 aromatic carbocycles. The van der Waals surface area contributed by atoms with Crippen LogP contribution in [-0.2, 0) is 53.3 Å². The number of aliphatic hydroxyl groups excluding tert-OH is 1. The van der Waals surface area contributed by atoms with Crippen molar-refractivity contribution < 1.29 is 67.3 Å². The number of aliphatic hydroxyl groups is 1. The summed E-state index contributed by atoms with van der Waals surface area (Å²) in [5.41, 5.74) is 12.3. The lowest BCUT2D eigenvalue weighted by Gasteiger charge is -2.40. The average Bonchev–Trinajstić information content (AvgIpc) is 0.875. The Kier molecular flexibility index (Phi) is 26.0. The van der Waals surface area contributed by atoms with E-state index in [1.165, 1.54) is 17.2 Å². The number of benzene rings is 3. The average molecular weight is 1370 g/mol. The van der Waals surface area contributed by atoms with Crippen molar-refractivity contribution in [3.05, 3.63) is 144 Å². The van der Waals surface area contributed by atoms with Crippen LogP contribution in [0.3, 0.4) is 0 Å². The number of ether oxygens (including phenoxy) is 1. The van der Waals surface area contributed by atoms with Crippen LogP contribution in [0, 0.1) is 28.5 Å². The number of ketones is 4. The summed E-state index contributed by atoms with van der Waals surface area (Å²) >= 11 is 3.14. The molecule has 2 saturated carbocycles. The second-order valence-electron chi connectivity index (χ2n) is 25.4. The van der Waals surface area contributed by atoms with Gasteiger partial charge < -0.3 is 62.1 Å². The van der Waals surface area contributed by atoms with Crippen LogP contribution in [-0.4, -0.2) is 118 Å². The number of halogens is 1. The monoisotopic (exact) mass is 1370 g/mol. The molecular weight excluding hydrogens is 1290 g/mol. The SMILES string of the molecule is CCn1cc(C(=O)O)c(=O)c2cc(F)c(N3CCN(C(=O)OCc4ccc(NC(=O)[C@H](CCCNC(N)=O)CC(=O)C5(C(=O)C[C@H](C)c6ccsc6)CCC5)cc4)CC3)cc21.C[C@@H](CC(=O)C1(C(=O)C[C@@H](CCCNC(N)=O)C(=O)Nc2ccc(CO)cc2)CCC1)c1ccsc1. The molecule has 0 bridgehead atoms. The second kappa shape index (κ2) is 34.2. The molecule has 4 atom stereocenters. The molecule has 3 aliphatic rings. The minimum Gasteiger partial charge on any atom is -0.477 e. The Balaban J connectivity index is 0.000000284. The number of carboxylic acids is 1. The number of aryl methyl sites for hydroxylation is 1. The highest BCUT2D eigenvalue weighted by atomic mass is 32.1. The van der Waals surface area contributed by atoms with E-state index in [4.69, 9.17) is 16.2 Å². The molecule has 1 aliphatic heterocycles. The minimum absolute atomic E-state index is 0.0232. The van der Waals surface area contributed by atoms with Crippen molar-refractivity contribution in [3.8, 4) is 0 Å². The lowest BCUT2D eigenvalue weighted by Crippen LogP contribution is -2.49. The highest BCUT2D eigenvalue weighted by Gasteiger charge is 2.52. The van der Waals surface area contributed by atoms with Gasteiger partial charge in [0.15, 0.2) is 0 Å². The predicted octanol–water partition coefficient (Wildman–Crippen LogP) is 10.4. The molecule has 97 heavy (non-hydrogen) atoms. The number of carbonyl (C=O) groups is 10. The third-order valence-corrected chi connectivity index (χ3v) is 20.4. The zero-order valence-electron chi connectivity index (χ0n) is 54.9. The lowest BCUT2D eigenvalue weighted by molar-refractivity contribution is -0.149. The number of urea groups is 2. The van der Waals surface area contributed by atoms with Crippen molar-refractivity contribution in [2.45, 2.75) is 142 Å². The van der Waals surface area contributed by atoms with E-state index in [0.29, 0.717) is 86.9 Å². The van der Waals surface area contributed by atoms with Crippen LogP contribution in [0.25, 0.3) is 10.9 Å². The van der Waals surface area contributed by atoms with Crippen LogP contribution in [0.2, 0.25) is 0 Å². The first-order chi connectivity index (χ1) is 46.4. The number of thiophene rings is 2. The molecule has 10 N–H and O–H groups in total. The number of Topliss-reactive ketones (excluding diaryl/α,β-unsaturated/α-hetero) is 4. The zero-order valence-corrected chi connectivity index (χ0v) is 56.5. The number of piperazine rings is 1. The highest BCUT2D eigenvalue weighted by molar-refractivity contribution is 7.08. The molecule has 0 spiro atoms. The van der Waals surface area contributed by atoms with Gasteiger partial charge in [-0.25, -0.2) is 23.6 Å². The van der Waals surface area contributed by atoms with Crippen LogP contribution in [0.4, 0.5) is 35.8 Å². The van der Waals surface area contributed by atoms with Crippen LogP contribution in [0.5, 0.6) is 0 Å². The second-order valence-corrected chi connectivity index (χ2v) is 27.0. The molecular formula is C71H86FN9O14S2. The number of hydrogen-bond acceptors (Lipinski definition) is 16. The molecule has 3 aromatic heterocycles. The molecule has 0 radical (unpaired) electrons. The van der Waals surface area contributed by atoms with E-state index >= 15 is 4.39 Å². The van der Waals surface area contributed by atoms with E-state index < -0.39 is 69.5 Å². The maximum absolute atomic E-state index is 15.3. The van der Waals surface area contributed by atoms with Gasteiger partial charge in [-0.15, -0.1) is 0 Å². The summed E-state index contributed by atoms with van der Waals surface area (Å²) in [6.45, 7) is 7.56. The first-order valence-electron chi connectivity index (χ1n) is 32.9. The predicted molar refractivity (Wildman–Crippen MR) is 368 cm³/mol. The number of nitrogens with one attached hydrogen (secondary N) is 4. The Morgan fingerprint density at radius 1 is 0.649 bits per heavy atom. The van der Waals surface area contributed by atoms with Crippen molar-refractivity contribution in [1.82, 2.24) is 20.1 Å². The van der Waals surface area contributed by atoms with Gasteiger partial charge in [0.25, 0.3) is 0 Å². The standard InChI is InChI=1S/C44H51FN6O9S.C27H35N3O5S/c1-3-49-24-33(41(56)57)39(54)32-22-34(45)36(23-35(32)49)50-15-17-51(18-16-50)43(59)60-25-28-7-9-31(10-8-28)48-40(55)29(6-4-14-47-42(46)58)21-38(53)44(12-5-13-44)37(52)20-27(2)30-11-19-61-26-30;1-18(21-9-13-36-17-21)14-23(32)27(10-3-11-27)24(33)15-20(4-2-12-29-26(28)35)25(34)30-22-7-5-19(16-31)6-8-22/h7-11,19,22-24,26-27,29H,3-6,12-18,20-21,25H2,1-2H3,(H,48,55)(H,56,57)(H3,46,47,58);5-9,13,17-18,20,31H,2-4,10-12,14-16H2,1H3,(H,30,34)(H3,28,29,35)/t27-,29+;18-,20+/m00/s1. The Hall–Kier alpha value is -9.14. The number of amides is 7. The first kappa shape index (κ1) is 73.7. The van der Waals surface area contributed by atoms with E-state index in [1.807, 2.05) is 47.5 Å². The topological polar surface area (TPSA) is 349 Å². The number of carbonyl (C=O) groups excluding carboxylic acids is 9. The summed E-state index contributed by atoms with van der Waals surface area (Å²) in [7, 11) is 0. The first-order valence-corrected chi connectivity index (χ1v) is 34.7. The number of aromatic nitrogens is 1. The fraction of sp³-hybridized carbons (Fsp3) is 0.451. The van der Waals surface area contributed by atoms with E-state index in [1.54, 1.807) is 87.6 Å². The maximum atomic E-state index is 15.3. The fourth-order valence-electron chi connectivity index (χ4n) is 12.7. The Labute approximate surface area is 569 Å². The molecule has 23 nitrogen and oxygen atoms in total. The number of rotatable bonds is 32. The highest BCUT2D eigenvalue weighted by Crippen LogP contribution is 2.48. The van der Waals surface area contributed by atoms with Gasteiger partial charge in [0.05, 0.1) is 28.6 Å². The van der Waals surface area contributed by atoms with Gasteiger partial charge in [-0.05, 0) is 162 Å². The zero-order chi connectivity index (χ0) is 70.0. The minimum atomic E-state index is -1.38. The third kappa shape index (κ3) is 18.9. The summed E-state index contributed by atoms with van der Waals surface area (Å²) < 4.78 is 22.5. The number of pyridine rings is 1. The van der Waals surface area contributed by atoms with Gasteiger partial charge in [0.1, 0.15) is 41.1 Å². The molecule has 3 fully saturated rings. The molecule has 2 aliphatic carbocycles. The molecule has 26 heteroatoms. The number of fused-ring (bicyclic) bond motifs is 1. The molecule has 4 heterocycles. The van der Waals surface area contributed by atoms with Crippen molar-refractivity contribution >= 4 is 110 Å². The van der Waals surface area contributed by atoms with Crippen LogP contribution < -0.4 is 43.1 Å². The number of aromatic carboxylic acids is 1. The van der Waals surface area contributed by atoms with Crippen LogP contribution in [0.15, 0.2) is 105 Å². The summed E-state index contributed by atoms with van der Waals surface area (Å²) in [5.74, 6) is -4.68. The number of nitrogens with two attached hydrogens (primary N) is 2. The van der Waals surface area contributed by atoms with E-state index in [0.717, 1.165) is 35.6 Å². The molecule has 0 unspecified atom stereocenters. The fourth-order valence-corrected chi connectivity index (χ4v) is 14.2. The quantitative estimate of drug-likeness (QED) is 0.0144. The number of carboxylic acid groups (broad SMARTS) is 1. The largest absolute Gasteiger partial charge is 0.477 e. The van der Waals surface area contributed by atoms with E-state index in [2.05, 4.69) is 21.3 Å². The van der Waals surface area contributed by atoms with Gasteiger partial charge in [0, 0.05) is 106 Å². The molecule has 1 saturated heterocycles. The van der Waals surface area contributed by atoms with Crippen LogP contribution in [0.1, 0.15) is 155 Å². The van der Waals surface area contributed by atoms with E-state index in [-0.39, 0.29) is 124 Å². The van der Waals surface area contributed by atoms with Gasteiger partial charge in [-0.3, -0.25) is 33.6 Å². The van der Waals surface area contributed by atoms with Gasteiger partial charge in [-0.2, -0.15) is 22.7 Å². The number of anilines is 3. The third-order valence-electron chi connectivity index (χ3n) is 19.0. The lowest BCUT2D eigenvalue weighted by atomic mass is 9.60. The van der Waals surface area contributed by atoms with E-state index in [9.17, 15) is 63.0 Å². The Morgan fingerprint density at radius 2 is 1.11 bits per heavy atom. The maximum Gasteiger partial charge on any atom is 0.410 e. The van der Waals surface area contributed by atoms with Gasteiger partial charge >= 0.3 is 24.1 Å². The normalized spacial score (nSPS) is 15.7. The molecule has 518 valence electrons. The van der Waals surface area contributed by atoms with Gasteiger partial charge in [0.2, 0.25) is 17.2 Å². The number of nitrogens with zero attached hydrogens (tertiary/aromatic N) is 3. The molecule has 6 aromatic rings. The smallest absolute Gasteiger partial charge is 0.410 e. The number of primary amides is 2. The van der Waals surface area contributed by atoms with Gasteiger partial charge in [-0.1, -0.05) is 51.0 Å². The summed E-state index contributed by atoms with van der Waals surface area (Å²) in [6.07, 6.45) is 6.19. The van der Waals surface area contributed by atoms with Crippen molar-refractivity contribution in [1.29, 1.82) is 0 Å². The molecule has 7 amide bonds. The summed E-state index contributed by atoms with van der Waals surface area (Å²) in [6, 6.07) is 18.8. The molecule has 9 rings (SSSR count). The Bertz CT molecular complexity index is 3850.